The number of nitrogens with zero attached hydrogens (tertiary/aromatic N) is 1. The van der Waals surface area contributed by atoms with Gasteiger partial charge in [0.05, 0.1) is 0 Å². The number of benzene rings is 1. The Labute approximate surface area is 136 Å². The predicted molar refractivity (Wildman–Crippen MR) is 90.8 cm³/mol. The summed E-state index contributed by atoms with van der Waals surface area (Å²) in [5.41, 5.74) is 1.58. The van der Waals surface area contributed by atoms with Crippen LogP contribution in [0.4, 0.5) is 21.0 Å². The molecule has 3 rings (SSSR count). The Morgan fingerprint density at radius 1 is 1.09 bits per heavy atom. The molecule has 1 aromatic carbocycles. The molecule has 23 heavy (non-hydrogen) atoms. The largest absolute Gasteiger partial charge is 0.338 e. The third-order valence-corrected chi connectivity index (χ3v) is 4.46. The van der Waals surface area contributed by atoms with Crippen molar-refractivity contribution in [3.8, 4) is 0 Å². The molecule has 1 saturated carbocycles. The number of hydrogen-bond acceptors (Lipinski definition) is 2. The number of hydrogen-bond donors (Lipinski definition) is 3. The molecule has 1 saturated heterocycles. The van der Waals surface area contributed by atoms with Gasteiger partial charge in [0, 0.05) is 30.5 Å². The molecule has 6 nitrogen and oxygen atoms in total. The van der Waals surface area contributed by atoms with Gasteiger partial charge in [0.25, 0.3) is 0 Å². The maximum Gasteiger partial charge on any atom is 0.321 e. The SMILES string of the molecule is O=C(Nc1ccc(N2CCCNC2=O)cc1)NC1CCCCC1. The minimum atomic E-state index is -0.152. The van der Waals surface area contributed by atoms with Gasteiger partial charge in [-0.3, -0.25) is 4.90 Å². The Morgan fingerprint density at radius 2 is 1.83 bits per heavy atom. The summed E-state index contributed by atoms with van der Waals surface area (Å²) >= 11 is 0. The van der Waals surface area contributed by atoms with Crippen LogP contribution in [0, 0.1) is 0 Å². The van der Waals surface area contributed by atoms with E-state index in [4.69, 9.17) is 0 Å². The van der Waals surface area contributed by atoms with Crippen LogP contribution < -0.4 is 20.9 Å². The third kappa shape index (κ3) is 4.15. The quantitative estimate of drug-likeness (QED) is 0.802. The molecule has 1 aliphatic carbocycles. The van der Waals surface area contributed by atoms with Crippen LogP contribution in [0.1, 0.15) is 38.5 Å². The molecular formula is C17H24N4O2. The fraction of sp³-hybridized carbons (Fsp3) is 0.529. The van der Waals surface area contributed by atoms with Crippen LogP contribution in [0.2, 0.25) is 0 Å². The van der Waals surface area contributed by atoms with E-state index in [1.165, 1.54) is 19.3 Å². The van der Waals surface area contributed by atoms with Gasteiger partial charge in [-0.05, 0) is 43.5 Å². The zero-order chi connectivity index (χ0) is 16.1. The molecule has 0 atom stereocenters. The molecule has 0 radical (unpaired) electrons. The lowest BCUT2D eigenvalue weighted by atomic mass is 9.96. The van der Waals surface area contributed by atoms with E-state index < -0.39 is 0 Å². The van der Waals surface area contributed by atoms with Crippen molar-refractivity contribution in [1.82, 2.24) is 10.6 Å². The molecule has 0 spiro atoms. The highest BCUT2D eigenvalue weighted by Gasteiger charge is 2.19. The second-order valence-corrected chi connectivity index (χ2v) is 6.22. The van der Waals surface area contributed by atoms with Crippen LogP contribution in [0.15, 0.2) is 24.3 Å². The van der Waals surface area contributed by atoms with Crippen molar-refractivity contribution in [1.29, 1.82) is 0 Å². The van der Waals surface area contributed by atoms with E-state index >= 15 is 0 Å². The van der Waals surface area contributed by atoms with Gasteiger partial charge in [-0.25, -0.2) is 9.59 Å². The molecule has 0 unspecified atom stereocenters. The summed E-state index contributed by atoms with van der Waals surface area (Å²) < 4.78 is 0. The monoisotopic (exact) mass is 316 g/mol. The second-order valence-electron chi connectivity index (χ2n) is 6.22. The van der Waals surface area contributed by atoms with Gasteiger partial charge in [-0.1, -0.05) is 19.3 Å². The first-order valence-corrected chi connectivity index (χ1v) is 8.45. The van der Waals surface area contributed by atoms with E-state index in [2.05, 4.69) is 16.0 Å². The Kier molecular flexibility index (Phi) is 5.00. The normalized spacial score (nSPS) is 19.1. The number of amides is 4. The van der Waals surface area contributed by atoms with Crippen LogP contribution in [0.25, 0.3) is 0 Å². The van der Waals surface area contributed by atoms with Crippen molar-refractivity contribution in [3.63, 3.8) is 0 Å². The van der Waals surface area contributed by atoms with E-state index in [1.54, 1.807) is 4.90 Å². The summed E-state index contributed by atoms with van der Waals surface area (Å²) in [6.07, 6.45) is 6.73. The van der Waals surface area contributed by atoms with E-state index in [-0.39, 0.29) is 12.1 Å². The fourth-order valence-corrected chi connectivity index (χ4v) is 3.20. The molecule has 4 amide bonds. The van der Waals surface area contributed by atoms with Gasteiger partial charge in [-0.2, -0.15) is 0 Å². The van der Waals surface area contributed by atoms with E-state index in [1.807, 2.05) is 24.3 Å². The topological polar surface area (TPSA) is 73.5 Å². The maximum atomic E-state index is 12.0. The third-order valence-electron chi connectivity index (χ3n) is 4.46. The first-order valence-electron chi connectivity index (χ1n) is 8.45. The summed E-state index contributed by atoms with van der Waals surface area (Å²) in [4.78, 5) is 25.6. The highest BCUT2D eigenvalue weighted by molar-refractivity contribution is 5.93. The van der Waals surface area contributed by atoms with Crippen LogP contribution in [0.3, 0.4) is 0 Å². The number of urea groups is 2. The minimum absolute atomic E-state index is 0.0630. The average Bonchev–Trinajstić information content (AvgIpc) is 2.57. The zero-order valence-electron chi connectivity index (χ0n) is 13.3. The minimum Gasteiger partial charge on any atom is -0.338 e. The molecule has 0 aromatic heterocycles. The summed E-state index contributed by atoms with van der Waals surface area (Å²) in [6.45, 7) is 1.46. The second kappa shape index (κ2) is 7.35. The van der Waals surface area contributed by atoms with Crippen molar-refractivity contribution >= 4 is 23.4 Å². The van der Waals surface area contributed by atoms with Crippen LogP contribution in [-0.2, 0) is 0 Å². The lowest BCUT2D eigenvalue weighted by molar-refractivity contribution is 0.242. The molecule has 1 aromatic rings. The van der Waals surface area contributed by atoms with E-state index in [9.17, 15) is 9.59 Å². The number of nitrogens with one attached hydrogen (secondary N) is 3. The van der Waals surface area contributed by atoms with Crippen LogP contribution in [-0.4, -0.2) is 31.2 Å². The number of anilines is 2. The van der Waals surface area contributed by atoms with Crippen molar-refractivity contribution in [2.45, 2.75) is 44.6 Å². The summed E-state index contributed by atoms with van der Waals surface area (Å²) in [5, 5.41) is 8.72. The smallest absolute Gasteiger partial charge is 0.321 e. The lowest BCUT2D eigenvalue weighted by Crippen LogP contribution is -2.46. The molecule has 2 fully saturated rings. The van der Waals surface area contributed by atoms with Gasteiger partial charge in [-0.15, -0.1) is 0 Å². The highest BCUT2D eigenvalue weighted by atomic mass is 16.2. The van der Waals surface area contributed by atoms with E-state index in [0.29, 0.717) is 6.04 Å². The predicted octanol–water partition coefficient (Wildman–Crippen LogP) is 3.06. The molecule has 124 valence electrons. The molecule has 6 heteroatoms. The Balaban J connectivity index is 1.54. The standard InChI is InChI=1S/C17H24N4O2/c22-16(19-13-5-2-1-3-6-13)20-14-7-9-15(10-8-14)21-12-4-11-18-17(21)23/h7-10,13H,1-6,11-12H2,(H,18,23)(H2,19,20,22). The Morgan fingerprint density at radius 3 is 2.52 bits per heavy atom. The molecule has 1 aliphatic heterocycles. The summed E-state index contributed by atoms with van der Waals surface area (Å²) in [6, 6.07) is 7.46. The lowest BCUT2D eigenvalue weighted by Gasteiger charge is -2.27. The van der Waals surface area contributed by atoms with Crippen molar-refractivity contribution in [3.05, 3.63) is 24.3 Å². The first-order chi connectivity index (χ1) is 11.2. The van der Waals surface area contributed by atoms with Crippen molar-refractivity contribution < 1.29 is 9.59 Å². The molecule has 3 N–H and O–H groups in total. The summed E-state index contributed by atoms with van der Waals surface area (Å²) in [7, 11) is 0. The van der Waals surface area contributed by atoms with Gasteiger partial charge >= 0.3 is 12.1 Å². The molecule has 0 bridgehead atoms. The fourth-order valence-electron chi connectivity index (χ4n) is 3.20. The van der Waals surface area contributed by atoms with E-state index in [0.717, 1.165) is 43.7 Å². The van der Waals surface area contributed by atoms with Gasteiger partial charge in [0.1, 0.15) is 0 Å². The van der Waals surface area contributed by atoms with Gasteiger partial charge in [0.15, 0.2) is 0 Å². The van der Waals surface area contributed by atoms with Crippen LogP contribution >= 0.6 is 0 Å². The van der Waals surface area contributed by atoms with Crippen LogP contribution in [0.5, 0.6) is 0 Å². The summed E-state index contributed by atoms with van der Waals surface area (Å²) in [5.74, 6) is 0. The Hall–Kier alpha value is -2.24. The number of carbonyl (C=O) groups excluding carboxylic acids is 2. The number of carbonyl (C=O) groups is 2. The molecule has 2 aliphatic rings. The first kappa shape index (κ1) is 15.6. The Bertz CT molecular complexity index is 552. The van der Waals surface area contributed by atoms with Crippen molar-refractivity contribution in [2.24, 2.45) is 0 Å². The zero-order valence-corrected chi connectivity index (χ0v) is 13.3. The highest BCUT2D eigenvalue weighted by Crippen LogP contribution is 2.20. The average molecular weight is 316 g/mol. The number of rotatable bonds is 3. The van der Waals surface area contributed by atoms with Crippen molar-refractivity contribution in [2.75, 3.05) is 23.3 Å². The molecule has 1 heterocycles. The maximum absolute atomic E-state index is 12.0. The van der Waals surface area contributed by atoms with Gasteiger partial charge in [0.2, 0.25) is 0 Å². The van der Waals surface area contributed by atoms with Gasteiger partial charge < -0.3 is 16.0 Å². The molecular weight excluding hydrogens is 292 g/mol.